The summed E-state index contributed by atoms with van der Waals surface area (Å²) in [4.78, 5) is 18.4. The van der Waals surface area contributed by atoms with Gasteiger partial charge in [-0.1, -0.05) is 12.1 Å². The van der Waals surface area contributed by atoms with Crippen LogP contribution in [0.1, 0.15) is 28.9 Å². The summed E-state index contributed by atoms with van der Waals surface area (Å²) in [6, 6.07) is 11.5. The van der Waals surface area contributed by atoms with E-state index in [-0.39, 0.29) is 23.4 Å². The summed E-state index contributed by atoms with van der Waals surface area (Å²) in [6.45, 7) is -1.08. The zero-order valence-corrected chi connectivity index (χ0v) is 16.1. The minimum Gasteiger partial charge on any atom is -0.493 e. The fourth-order valence-electron chi connectivity index (χ4n) is 2.84. The molecule has 1 heterocycles. The van der Waals surface area contributed by atoms with Crippen LogP contribution in [-0.2, 0) is 0 Å². The Morgan fingerprint density at radius 2 is 1.86 bits per heavy atom. The van der Waals surface area contributed by atoms with Crippen molar-refractivity contribution in [3.63, 3.8) is 0 Å². The lowest BCUT2D eigenvalue weighted by Gasteiger charge is -2.26. The van der Waals surface area contributed by atoms with Crippen LogP contribution in [0.2, 0.25) is 0 Å². The molecule has 0 bridgehead atoms. The molecule has 0 aliphatic carbocycles. The largest absolute Gasteiger partial charge is 0.493 e. The molecule has 0 spiro atoms. The molecule has 9 heteroatoms. The molecular weight excluding hydrogens is 382 g/mol. The lowest BCUT2D eigenvalue weighted by molar-refractivity contribution is -0.0512. The number of aromatic nitrogens is 3. The zero-order valence-electron chi connectivity index (χ0n) is 16.1. The van der Waals surface area contributed by atoms with Gasteiger partial charge in [0.2, 0.25) is 0 Å². The maximum atomic E-state index is 12.9. The summed E-state index contributed by atoms with van der Waals surface area (Å²) in [6.07, 6.45) is 3.05. The Hall–Kier alpha value is -3.49. The van der Waals surface area contributed by atoms with E-state index in [1.54, 1.807) is 23.0 Å². The second kappa shape index (κ2) is 8.68. The number of alkyl halides is 2. The molecule has 29 heavy (non-hydrogen) atoms. The van der Waals surface area contributed by atoms with Gasteiger partial charge in [0.1, 0.15) is 12.7 Å². The number of methoxy groups -OCH3 is 1. The smallest absolute Gasteiger partial charge is 0.387 e. The molecule has 1 atom stereocenters. The first-order valence-electron chi connectivity index (χ1n) is 8.75. The fraction of sp³-hybridized carbons (Fsp3) is 0.250. The van der Waals surface area contributed by atoms with Crippen LogP contribution in [-0.4, -0.2) is 46.3 Å². The van der Waals surface area contributed by atoms with Gasteiger partial charge < -0.3 is 14.4 Å². The Labute approximate surface area is 166 Å². The van der Waals surface area contributed by atoms with Crippen LogP contribution >= 0.6 is 0 Å². The molecule has 0 saturated heterocycles. The van der Waals surface area contributed by atoms with E-state index in [0.717, 1.165) is 11.3 Å². The molecule has 0 saturated carbocycles. The molecule has 0 aliphatic heterocycles. The van der Waals surface area contributed by atoms with E-state index in [1.165, 1.54) is 31.6 Å². The normalized spacial score (nSPS) is 11.9. The lowest BCUT2D eigenvalue weighted by Crippen LogP contribution is -2.29. The first-order chi connectivity index (χ1) is 13.9. The van der Waals surface area contributed by atoms with Crippen LogP contribution in [0.3, 0.4) is 0 Å². The van der Waals surface area contributed by atoms with Gasteiger partial charge in [-0.25, -0.2) is 9.67 Å². The predicted octanol–water partition coefficient (Wildman–Crippen LogP) is 3.71. The van der Waals surface area contributed by atoms with Crippen molar-refractivity contribution in [1.82, 2.24) is 19.7 Å². The third-order valence-corrected chi connectivity index (χ3v) is 4.59. The quantitative estimate of drug-likeness (QED) is 0.603. The molecule has 3 rings (SSSR count). The van der Waals surface area contributed by atoms with Crippen LogP contribution in [0.25, 0.3) is 5.69 Å². The zero-order chi connectivity index (χ0) is 21.0. The topological polar surface area (TPSA) is 69.5 Å². The molecule has 152 valence electrons. The minimum atomic E-state index is -2.98. The standard InChI is InChI=1S/C20H20F2N4O3/c1-13(14-4-7-16(8-5-14)26-12-23-11-24-26)25(2)19(27)15-6-9-17(29-20(21)22)18(10-15)28-3/h4-13,20H,1-3H3/t13-/m0/s1. The third-order valence-electron chi connectivity index (χ3n) is 4.59. The van der Waals surface area contributed by atoms with Crippen molar-refractivity contribution >= 4 is 5.91 Å². The van der Waals surface area contributed by atoms with Crippen molar-refractivity contribution in [2.45, 2.75) is 19.6 Å². The van der Waals surface area contributed by atoms with Gasteiger partial charge in [-0.3, -0.25) is 4.79 Å². The number of carbonyl (C=O) groups is 1. The van der Waals surface area contributed by atoms with Crippen LogP contribution in [0, 0.1) is 0 Å². The van der Waals surface area contributed by atoms with Crippen LogP contribution < -0.4 is 9.47 Å². The Balaban J connectivity index is 1.77. The molecule has 0 N–H and O–H groups in total. The van der Waals surface area contributed by atoms with E-state index in [1.807, 2.05) is 31.2 Å². The lowest BCUT2D eigenvalue weighted by atomic mass is 10.1. The van der Waals surface area contributed by atoms with E-state index in [0.29, 0.717) is 5.56 Å². The number of benzene rings is 2. The number of hydrogen-bond acceptors (Lipinski definition) is 5. The van der Waals surface area contributed by atoms with Gasteiger partial charge in [-0.2, -0.15) is 13.9 Å². The van der Waals surface area contributed by atoms with Crippen molar-refractivity contribution in [2.75, 3.05) is 14.2 Å². The van der Waals surface area contributed by atoms with Crippen molar-refractivity contribution in [3.05, 3.63) is 66.2 Å². The number of amides is 1. The maximum absolute atomic E-state index is 12.9. The predicted molar refractivity (Wildman–Crippen MR) is 101 cm³/mol. The Morgan fingerprint density at radius 1 is 1.14 bits per heavy atom. The van der Waals surface area contributed by atoms with Gasteiger partial charge in [0.25, 0.3) is 5.91 Å². The first-order valence-corrected chi connectivity index (χ1v) is 8.75. The van der Waals surface area contributed by atoms with Crippen LogP contribution in [0.15, 0.2) is 55.1 Å². The second-order valence-corrected chi connectivity index (χ2v) is 6.27. The van der Waals surface area contributed by atoms with E-state index in [4.69, 9.17) is 4.74 Å². The van der Waals surface area contributed by atoms with E-state index in [9.17, 15) is 13.6 Å². The molecule has 0 radical (unpaired) electrons. The Kier molecular flexibility index (Phi) is 6.06. The molecule has 0 aliphatic rings. The molecular formula is C20H20F2N4O3. The van der Waals surface area contributed by atoms with Crippen molar-refractivity contribution in [2.24, 2.45) is 0 Å². The van der Waals surface area contributed by atoms with Crippen LogP contribution in [0.5, 0.6) is 11.5 Å². The highest BCUT2D eigenvalue weighted by molar-refractivity contribution is 5.95. The number of hydrogen-bond donors (Lipinski definition) is 0. The highest BCUT2D eigenvalue weighted by Crippen LogP contribution is 2.31. The monoisotopic (exact) mass is 402 g/mol. The highest BCUT2D eigenvalue weighted by atomic mass is 19.3. The summed E-state index contributed by atoms with van der Waals surface area (Å²) in [5.41, 5.74) is 2.08. The summed E-state index contributed by atoms with van der Waals surface area (Å²) < 4.78 is 36.0. The van der Waals surface area contributed by atoms with Gasteiger partial charge in [0, 0.05) is 12.6 Å². The number of halogens is 2. The summed E-state index contributed by atoms with van der Waals surface area (Å²) in [5.74, 6) is -0.340. The average molecular weight is 402 g/mol. The van der Waals surface area contributed by atoms with Gasteiger partial charge in [0.15, 0.2) is 11.5 Å². The van der Waals surface area contributed by atoms with Gasteiger partial charge in [0.05, 0.1) is 18.8 Å². The summed E-state index contributed by atoms with van der Waals surface area (Å²) in [5, 5.41) is 4.08. The molecule has 0 unspecified atom stereocenters. The van der Waals surface area contributed by atoms with Gasteiger partial charge in [-0.15, -0.1) is 0 Å². The Bertz CT molecular complexity index is 962. The molecule has 3 aromatic rings. The number of nitrogens with zero attached hydrogens (tertiary/aromatic N) is 4. The SMILES string of the molecule is COc1cc(C(=O)N(C)[C@@H](C)c2ccc(-n3cncn3)cc2)ccc1OC(F)F. The summed E-state index contributed by atoms with van der Waals surface area (Å²) in [7, 11) is 3.00. The van der Waals surface area contributed by atoms with E-state index < -0.39 is 6.61 Å². The van der Waals surface area contributed by atoms with E-state index in [2.05, 4.69) is 14.8 Å². The Morgan fingerprint density at radius 3 is 2.45 bits per heavy atom. The molecule has 1 amide bonds. The van der Waals surface area contributed by atoms with Gasteiger partial charge in [-0.05, 0) is 42.8 Å². The fourth-order valence-corrected chi connectivity index (χ4v) is 2.84. The summed E-state index contributed by atoms with van der Waals surface area (Å²) >= 11 is 0. The number of carbonyl (C=O) groups excluding carboxylic acids is 1. The minimum absolute atomic E-state index is 0.0642. The van der Waals surface area contributed by atoms with Gasteiger partial charge >= 0.3 is 6.61 Å². The van der Waals surface area contributed by atoms with E-state index >= 15 is 0 Å². The highest BCUT2D eigenvalue weighted by Gasteiger charge is 2.21. The first kappa shape index (κ1) is 20.2. The maximum Gasteiger partial charge on any atom is 0.387 e. The third kappa shape index (κ3) is 4.50. The number of rotatable bonds is 7. The number of ether oxygens (including phenoxy) is 2. The second-order valence-electron chi connectivity index (χ2n) is 6.27. The molecule has 0 fully saturated rings. The molecule has 7 nitrogen and oxygen atoms in total. The van der Waals surface area contributed by atoms with Crippen molar-refractivity contribution in [1.29, 1.82) is 0 Å². The molecule has 2 aromatic carbocycles. The van der Waals surface area contributed by atoms with Crippen LogP contribution in [0.4, 0.5) is 8.78 Å². The van der Waals surface area contributed by atoms with Crippen molar-refractivity contribution < 1.29 is 23.0 Å². The molecule has 1 aromatic heterocycles. The van der Waals surface area contributed by atoms with Crippen molar-refractivity contribution in [3.8, 4) is 17.2 Å². The average Bonchev–Trinajstić information content (AvgIpc) is 3.27.